The summed E-state index contributed by atoms with van der Waals surface area (Å²) in [5.41, 5.74) is 5.86. The maximum atomic E-state index is 12.2. The summed E-state index contributed by atoms with van der Waals surface area (Å²) >= 11 is 0. The Hall–Kier alpha value is -2.11. The Morgan fingerprint density at radius 2 is 2.13 bits per heavy atom. The molecule has 1 amide bonds. The SMILES string of the molecule is COc1cc(OC[C@H]2CCCN2C(=O)OC(C)(C)C)ccc1N. The van der Waals surface area contributed by atoms with Gasteiger partial charge in [-0.2, -0.15) is 0 Å². The molecule has 1 atom stereocenters. The highest BCUT2D eigenvalue weighted by Gasteiger charge is 2.32. The molecule has 2 N–H and O–H groups in total. The summed E-state index contributed by atoms with van der Waals surface area (Å²) in [6.07, 6.45) is 1.59. The van der Waals surface area contributed by atoms with E-state index in [0.717, 1.165) is 12.8 Å². The van der Waals surface area contributed by atoms with Crippen molar-refractivity contribution in [2.24, 2.45) is 0 Å². The summed E-state index contributed by atoms with van der Waals surface area (Å²) in [6.45, 7) is 6.73. The Kier molecular flexibility index (Phi) is 5.23. The lowest BCUT2D eigenvalue weighted by Crippen LogP contribution is -2.42. The standard InChI is InChI=1S/C17H26N2O4/c1-17(2,3)23-16(20)19-9-5-6-12(19)11-22-13-7-8-14(18)15(10-13)21-4/h7-8,10,12H,5-6,9,11,18H2,1-4H3/t12-/m1/s1. The van der Waals surface area contributed by atoms with Gasteiger partial charge in [-0.05, 0) is 45.7 Å². The molecule has 0 spiro atoms. The fourth-order valence-electron chi connectivity index (χ4n) is 2.54. The van der Waals surface area contributed by atoms with E-state index in [1.807, 2.05) is 20.8 Å². The van der Waals surface area contributed by atoms with Gasteiger partial charge in [-0.3, -0.25) is 0 Å². The number of nitrogens with zero attached hydrogens (tertiary/aromatic N) is 1. The first-order chi connectivity index (χ1) is 10.8. The molecule has 0 unspecified atom stereocenters. The van der Waals surface area contributed by atoms with E-state index in [0.29, 0.717) is 30.3 Å². The van der Waals surface area contributed by atoms with E-state index >= 15 is 0 Å². The van der Waals surface area contributed by atoms with Gasteiger partial charge in [0.1, 0.15) is 23.7 Å². The molecule has 1 aromatic carbocycles. The molecular formula is C17H26N2O4. The largest absolute Gasteiger partial charge is 0.494 e. The first kappa shape index (κ1) is 17.2. The molecule has 1 aliphatic heterocycles. The molecule has 0 aliphatic carbocycles. The summed E-state index contributed by atoms with van der Waals surface area (Å²) in [6, 6.07) is 5.31. The first-order valence-electron chi connectivity index (χ1n) is 7.86. The lowest BCUT2D eigenvalue weighted by atomic mass is 10.2. The first-order valence-corrected chi connectivity index (χ1v) is 7.86. The van der Waals surface area contributed by atoms with Crippen molar-refractivity contribution in [2.75, 3.05) is 26.0 Å². The number of benzene rings is 1. The van der Waals surface area contributed by atoms with Gasteiger partial charge in [-0.15, -0.1) is 0 Å². The van der Waals surface area contributed by atoms with E-state index in [9.17, 15) is 4.79 Å². The topological polar surface area (TPSA) is 74.0 Å². The maximum Gasteiger partial charge on any atom is 0.410 e. The van der Waals surface area contributed by atoms with Crippen LogP contribution in [0.3, 0.4) is 0 Å². The van der Waals surface area contributed by atoms with E-state index in [1.54, 1.807) is 30.2 Å². The molecule has 1 aliphatic rings. The second-order valence-electron chi connectivity index (χ2n) is 6.68. The van der Waals surface area contributed by atoms with E-state index in [4.69, 9.17) is 19.9 Å². The predicted octanol–water partition coefficient (Wildman–Crippen LogP) is 3.06. The maximum absolute atomic E-state index is 12.2. The van der Waals surface area contributed by atoms with E-state index < -0.39 is 5.60 Å². The zero-order chi connectivity index (χ0) is 17.0. The molecule has 0 aromatic heterocycles. The van der Waals surface area contributed by atoms with Crippen LogP contribution >= 0.6 is 0 Å². The number of hydrogen-bond acceptors (Lipinski definition) is 5. The van der Waals surface area contributed by atoms with Gasteiger partial charge in [0.15, 0.2) is 0 Å². The van der Waals surface area contributed by atoms with E-state index in [2.05, 4.69) is 0 Å². The fourth-order valence-corrected chi connectivity index (χ4v) is 2.54. The number of methoxy groups -OCH3 is 1. The zero-order valence-electron chi connectivity index (χ0n) is 14.3. The van der Waals surface area contributed by atoms with Crippen molar-refractivity contribution in [3.8, 4) is 11.5 Å². The predicted molar refractivity (Wildman–Crippen MR) is 88.9 cm³/mol. The summed E-state index contributed by atoms with van der Waals surface area (Å²) in [7, 11) is 1.57. The normalized spacial score (nSPS) is 17.9. The average molecular weight is 322 g/mol. The van der Waals surface area contributed by atoms with Gasteiger partial charge in [0, 0.05) is 12.6 Å². The molecule has 23 heavy (non-hydrogen) atoms. The van der Waals surface area contributed by atoms with Gasteiger partial charge in [0.25, 0.3) is 0 Å². The highest BCUT2D eigenvalue weighted by atomic mass is 16.6. The lowest BCUT2D eigenvalue weighted by molar-refractivity contribution is 0.0187. The van der Waals surface area contributed by atoms with Crippen molar-refractivity contribution >= 4 is 11.8 Å². The number of likely N-dealkylation sites (tertiary alicyclic amines) is 1. The van der Waals surface area contributed by atoms with Crippen LogP contribution in [0, 0.1) is 0 Å². The Labute approximate surface area is 137 Å². The van der Waals surface area contributed by atoms with Gasteiger partial charge in [-0.25, -0.2) is 4.79 Å². The highest BCUT2D eigenvalue weighted by Crippen LogP contribution is 2.27. The van der Waals surface area contributed by atoms with Crippen molar-refractivity contribution in [2.45, 2.75) is 45.3 Å². The van der Waals surface area contributed by atoms with Crippen LogP contribution in [0.4, 0.5) is 10.5 Å². The molecule has 0 radical (unpaired) electrons. The summed E-state index contributed by atoms with van der Waals surface area (Å²) in [4.78, 5) is 14.0. The molecule has 0 bridgehead atoms. The molecule has 128 valence electrons. The Morgan fingerprint density at radius 1 is 1.39 bits per heavy atom. The number of carbonyl (C=O) groups excluding carboxylic acids is 1. The van der Waals surface area contributed by atoms with E-state index in [1.165, 1.54) is 0 Å². The zero-order valence-corrected chi connectivity index (χ0v) is 14.3. The van der Waals surface area contributed by atoms with Crippen LogP contribution in [0.1, 0.15) is 33.6 Å². The number of nitrogen functional groups attached to an aromatic ring is 1. The Balaban J connectivity index is 1.95. The molecule has 1 heterocycles. The number of anilines is 1. The smallest absolute Gasteiger partial charge is 0.410 e. The average Bonchev–Trinajstić information content (AvgIpc) is 2.93. The third kappa shape index (κ3) is 4.68. The van der Waals surface area contributed by atoms with Crippen molar-refractivity contribution in [3.05, 3.63) is 18.2 Å². The van der Waals surface area contributed by atoms with E-state index in [-0.39, 0.29) is 12.1 Å². The van der Waals surface area contributed by atoms with Crippen LogP contribution in [-0.2, 0) is 4.74 Å². The molecule has 1 aromatic rings. The lowest BCUT2D eigenvalue weighted by Gasteiger charge is -2.28. The van der Waals surface area contributed by atoms with Crippen LogP contribution in [0.25, 0.3) is 0 Å². The number of hydrogen-bond donors (Lipinski definition) is 1. The molecule has 6 nitrogen and oxygen atoms in total. The highest BCUT2D eigenvalue weighted by molar-refractivity contribution is 5.69. The summed E-state index contributed by atoms with van der Waals surface area (Å²) < 4.78 is 16.4. The van der Waals surface area contributed by atoms with Crippen LogP contribution in [0.2, 0.25) is 0 Å². The van der Waals surface area contributed by atoms with Gasteiger partial charge in [0.2, 0.25) is 0 Å². The number of amides is 1. The number of ether oxygens (including phenoxy) is 3. The Morgan fingerprint density at radius 3 is 2.78 bits per heavy atom. The van der Waals surface area contributed by atoms with Crippen LogP contribution in [-0.4, -0.2) is 42.9 Å². The minimum absolute atomic E-state index is 0.0217. The molecular weight excluding hydrogens is 296 g/mol. The fraction of sp³-hybridized carbons (Fsp3) is 0.588. The number of nitrogens with two attached hydrogens (primary N) is 1. The van der Waals surface area contributed by atoms with Gasteiger partial charge < -0.3 is 24.8 Å². The molecule has 2 rings (SSSR count). The summed E-state index contributed by atoms with van der Waals surface area (Å²) in [5.74, 6) is 1.25. The summed E-state index contributed by atoms with van der Waals surface area (Å²) in [5, 5.41) is 0. The molecule has 1 saturated heterocycles. The second-order valence-corrected chi connectivity index (χ2v) is 6.68. The Bertz CT molecular complexity index is 554. The van der Waals surface area contributed by atoms with Crippen molar-refractivity contribution in [3.63, 3.8) is 0 Å². The molecule has 0 saturated carbocycles. The second kappa shape index (κ2) is 6.98. The third-order valence-corrected chi connectivity index (χ3v) is 3.65. The quantitative estimate of drug-likeness (QED) is 0.862. The monoisotopic (exact) mass is 322 g/mol. The van der Waals surface area contributed by atoms with Gasteiger partial charge >= 0.3 is 6.09 Å². The van der Waals surface area contributed by atoms with Gasteiger partial charge in [-0.1, -0.05) is 0 Å². The third-order valence-electron chi connectivity index (χ3n) is 3.65. The van der Waals surface area contributed by atoms with Crippen molar-refractivity contribution in [1.29, 1.82) is 0 Å². The van der Waals surface area contributed by atoms with Crippen molar-refractivity contribution < 1.29 is 19.0 Å². The van der Waals surface area contributed by atoms with Crippen LogP contribution < -0.4 is 15.2 Å². The number of carbonyl (C=O) groups is 1. The molecule has 1 fully saturated rings. The number of rotatable bonds is 4. The van der Waals surface area contributed by atoms with Crippen molar-refractivity contribution in [1.82, 2.24) is 4.90 Å². The van der Waals surface area contributed by atoms with Gasteiger partial charge in [0.05, 0.1) is 18.8 Å². The van der Waals surface area contributed by atoms with Crippen LogP contribution in [0.5, 0.6) is 11.5 Å². The van der Waals surface area contributed by atoms with Crippen LogP contribution in [0.15, 0.2) is 18.2 Å². The minimum atomic E-state index is -0.491. The molecule has 6 heteroatoms. The minimum Gasteiger partial charge on any atom is -0.494 e.